The van der Waals surface area contributed by atoms with Gasteiger partial charge in [-0.25, -0.2) is 13.2 Å². The van der Waals surface area contributed by atoms with Gasteiger partial charge in [-0.2, -0.15) is 4.31 Å². The summed E-state index contributed by atoms with van der Waals surface area (Å²) in [6, 6.07) is 6.22. The van der Waals surface area contributed by atoms with Crippen LogP contribution >= 0.6 is 0 Å². The van der Waals surface area contributed by atoms with Gasteiger partial charge in [-0.1, -0.05) is 12.1 Å². The summed E-state index contributed by atoms with van der Waals surface area (Å²) < 4.78 is 39.3. The third-order valence-electron chi connectivity index (χ3n) is 4.91. The normalized spacial score (nSPS) is 25.2. The van der Waals surface area contributed by atoms with Crippen LogP contribution in [0.15, 0.2) is 29.2 Å². The van der Waals surface area contributed by atoms with Gasteiger partial charge in [0.05, 0.1) is 12.6 Å². The number of carbonyl (C=O) groups excluding carboxylic acids is 1. The zero-order chi connectivity index (χ0) is 18.7. The second kappa shape index (κ2) is 7.81. The second-order valence-electron chi connectivity index (χ2n) is 6.40. The van der Waals surface area contributed by atoms with E-state index in [1.165, 1.54) is 4.31 Å². The molecule has 9 heteroatoms. The number of nitrogens with zero attached hydrogens (tertiary/aromatic N) is 2. The smallest absolute Gasteiger partial charge is 0.317 e. The number of ether oxygens (including phenoxy) is 2. The van der Waals surface area contributed by atoms with Gasteiger partial charge in [0.15, 0.2) is 0 Å². The molecule has 0 aromatic heterocycles. The number of sulfonamides is 1. The van der Waals surface area contributed by atoms with Crippen molar-refractivity contribution >= 4 is 16.1 Å². The average Bonchev–Trinajstić information content (AvgIpc) is 2.88. The molecule has 1 N–H and O–H groups in total. The molecule has 1 fully saturated rings. The maximum atomic E-state index is 13.3. The van der Waals surface area contributed by atoms with Crippen LogP contribution in [-0.2, 0) is 14.8 Å². The Kier molecular flexibility index (Phi) is 5.69. The molecule has 0 saturated carbocycles. The number of amides is 2. The largest absolute Gasteiger partial charge is 0.487 e. The molecular weight excluding hydrogens is 358 g/mol. The lowest BCUT2D eigenvalue weighted by atomic mass is 10.1. The molecule has 2 aliphatic rings. The van der Waals surface area contributed by atoms with Gasteiger partial charge in [0.25, 0.3) is 0 Å². The van der Waals surface area contributed by atoms with Crippen molar-refractivity contribution in [3.63, 3.8) is 0 Å². The van der Waals surface area contributed by atoms with E-state index in [2.05, 4.69) is 5.32 Å². The summed E-state index contributed by atoms with van der Waals surface area (Å²) in [5.74, 6) is 0.371. The third-order valence-corrected chi connectivity index (χ3v) is 6.87. The minimum absolute atomic E-state index is 0.159. The fraction of sp³-hybridized carbons (Fsp3) is 0.588. The zero-order valence-corrected chi connectivity index (χ0v) is 15.9. The van der Waals surface area contributed by atoms with Gasteiger partial charge in [0.1, 0.15) is 16.7 Å². The average molecular weight is 383 g/mol. The Morgan fingerprint density at radius 3 is 2.77 bits per heavy atom. The number of fused-ring (bicyclic) bond motifs is 2. The van der Waals surface area contributed by atoms with Crippen LogP contribution in [0.3, 0.4) is 0 Å². The Morgan fingerprint density at radius 2 is 2.04 bits per heavy atom. The van der Waals surface area contributed by atoms with Crippen LogP contribution in [0, 0.1) is 0 Å². The van der Waals surface area contributed by atoms with Gasteiger partial charge in [0.2, 0.25) is 10.0 Å². The Bertz CT molecular complexity index is 755. The van der Waals surface area contributed by atoms with Gasteiger partial charge in [-0.3, -0.25) is 0 Å². The summed E-state index contributed by atoms with van der Waals surface area (Å²) in [4.78, 5) is 13.9. The summed E-state index contributed by atoms with van der Waals surface area (Å²) in [6.07, 6.45) is 0.750. The number of likely N-dealkylation sites (tertiary alicyclic amines) is 1. The van der Waals surface area contributed by atoms with E-state index in [1.807, 2.05) is 0 Å². The maximum Gasteiger partial charge on any atom is 0.317 e. The molecule has 0 aliphatic carbocycles. The van der Waals surface area contributed by atoms with Crippen LogP contribution < -0.4 is 10.1 Å². The topological polar surface area (TPSA) is 88.2 Å². The molecular formula is C17H25N3O5S. The van der Waals surface area contributed by atoms with Crippen molar-refractivity contribution in [3.05, 3.63) is 24.3 Å². The Labute approximate surface area is 154 Å². The molecule has 26 heavy (non-hydrogen) atoms. The number of rotatable bonds is 3. The Balaban J connectivity index is 1.98. The van der Waals surface area contributed by atoms with E-state index in [-0.39, 0.29) is 29.6 Å². The molecule has 2 aliphatic heterocycles. The second-order valence-corrected chi connectivity index (χ2v) is 8.26. The van der Waals surface area contributed by atoms with Gasteiger partial charge in [-0.15, -0.1) is 0 Å². The standard InChI is InChI=1S/C17H25N3O5S/c1-18-17(21)19-9-7-13-14(8-10-19)25-15-5-3-4-6-16(15)26(22,23)20(13)11-12-24-2/h3-6,13-14H,7-12H2,1-2H3,(H,18,21)/t13-,14-/m0/s1. The molecule has 1 saturated heterocycles. The van der Waals surface area contributed by atoms with Crippen LogP contribution in [-0.4, -0.2) is 76.2 Å². The van der Waals surface area contributed by atoms with Crippen LogP contribution in [0.5, 0.6) is 5.75 Å². The van der Waals surface area contributed by atoms with Crippen molar-refractivity contribution < 1.29 is 22.7 Å². The molecule has 0 unspecified atom stereocenters. The monoisotopic (exact) mass is 383 g/mol. The van der Waals surface area contributed by atoms with E-state index >= 15 is 0 Å². The summed E-state index contributed by atoms with van der Waals surface area (Å²) in [7, 11) is -0.573. The van der Waals surface area contributed by atoms with Gasteiger partial charge in [-0.05, 0) is 18.6 Å². The molecule has 1 aromatic rings. The summed E-state index contributed by atoms with van der Waals surface area (Å²) in [5.41, 5.74) is 0. The van der Waals surface area contributed by atoms with Crippen molar-refractivity contribution in [2.75, 3.05) is 40.4 Å². The van der Waals surface area contributed by atoms with E-state index in [0.29, 0.717) is 38.3 Å². The highest BCUT2D eigenvalue weighted by Gasteiger charge is 2.43. The third kappa shape index (κ3) is 3.51. The number of nitrogens with one attached hydrogen (secondary N) is 1. The number of hydrogen-bond donors (Lipinski definition) is 1. The first-order chi connectivity index (χ1) is 12.5. The van der Waals surface area contributed by atoms with Crippen molar-refractivity contribution in [1.82, 2.24) is 14.5 Å². The Morgan fingerprint density at radius 1 is 1.31 bits per heavy atom. The van der Waals surface area contributed by atoms with E-state index in [1.54, 1.807) is 43.3 Å². The SMILES string of the molecule is CNC(=O)N1CC[C@@H]2Oc3ccccc3S(=O)(=O)N(CCOC)[C@H]2CC1. The molecule has 8 nitrogen and oxygen atoms in total. The molecule has 0 bridgehead atoms. The van der Waals surface area contributed by atoms with E-state index in [4.69, 9.17) is 9.47 Å². The van der Waals surface area contributed by atoms with Crippen molar-refractivity contribution in [3.8, 4) is 5.75 Å². The highest BCUT2D eigenvalue weighted by atomic mass is 32.2. The molecule has 1 aromatic carbocycles. The number of para-hydroxylation sites is 1. The fourth-order valence-corrected chi connectivity index (χ4v) is 5.37. The van der Waals surface area contributed by atoms with E-state index in [9.17, 15) is 13.2 Å². The first-order valence-corrected chi connectivity index (χ1v) is 10.2. The number of methoxy groups -OCH3 is 1. The quantitative estimate of drug-likeness (QED) is 0.837. The van der Waals surface area contributed by atoms with Crippen molar-refractivity contribution in [1.29, 1.82) is 0 Å². The lowest BCUT2D eigenvalue weighted by molar-refractivity contribution is 0.0958. The van der Waals surface area contributed by atoms with Crippen LogP contribution in [0.25, 0.3) is 0 Å². The van der Waals surface area contributed by atoms with Crippen molar-refractivity contribution in [2.24, 2.45) is 0 Å². The van der Waals surface area contributed by atoms with Gasteiger partial charge >= 0.3 is 6.03 Å². The maximum absolute atomic E-state index is 13.3. The molecule has 3 rings (SSSR count). The lowest BCUT2D eigenvalue weighted by Crippen LogP contribution is -2.48. The van der Waals surface area contributed by atoms with E-state index < -0.39 is 10.0 Å². The lowest BCUT2D eigenvalue weighted by Gasteiger charge is -2.31. The van der Waals surface area contributed by atoms with Crippen molar-refractivity contribution in [2.45, 2.75) is 29.9 Å². The highest BCUT2D eigenvalue weighted by molar-refractivity contribution is 7.89. The van der Waals surface area contributed by atoms with Crippen LogP contribution in [0.4, 0.5) is 4.79 Å². The highest BCUT2D eigenvalue weighted by Crippen LogP contribution is 2.36. The number of carbonyl (C=O) groups is 1. The molecule has 2 amide bonds. The van der Waals surface area contributed by atoms with E-state index in [0.717, 1.165) is 0 Å². The zero-order valence-electron chi connectivity index (χ0n) is 15.1. The fourth-order valence-electron chi connectivity index (χ4n) is 3.58. The summed E-state index contributed by atoms with van der Waals surface area (Å²) in [5, 5.41) is 2.63. The number of benzene rings is 1. The molecule has 2 heterocycles. The predicted molar refractivity (Wildman–Crippen MR) is 95.7 cm³/mol. The molecule has 0 spiro atoms. The first kappa shape index (κ1) is 18.9. The Hall–Kier alpha value is -1.84. The number of hydrogen-bond acceptors (Lipinski definition) is 5. The molecule has 2 atom stereocenters. The number of urea groups is 1. The van der Waals surface area contributed by atoms with Gasteiger partial charge in [0, 0.05) is 40.2 Å². The summed E-state index contributed by atoms with van der Waals surface area (Å²) >= 11 is 0. The minimum Gasteiger partial charge on any atom is -0.487 e. The van der Waals surface area contributed by atoms with Crippen LogP contribution in [0.2, 0.25) is 0 Å². The van der Waals surface area contributed by atoms with Gasteiger partial charge < -0.3 is 19.7 Å². The molecule has 0 radical (unpaired) electrons. The molecule has 144 valence electrons. The minimum atomic E-state index is -3.71. The van der Waals surface area contributed by atoms with Crippen LogP contribution in [0.1, 0.15) is 12.8 Å². The summed E-state index contributed by atoms with van der Waals surface area (Å²) in [6.45, 7) is 1.53. The predicted octanol–water partition coefficient (Wildman–Crippen LogP) is 0.889. The first-order valence-electron chi connectivity index (χ1n) is 8.72.